The summed E-state index contributed by atoms with van der Waals surface area (Å²) in [7, 11) is 0. The van der Waals surface area contributed by atoms with E-state index in [0.29, 0.717) is 18.6 Å². The zero-order valence-electron chi connectivity index (χ0n) is 11.4. The summed E-state index contributed by atoms with van der Waals surface area (Å²) in [4.78, 5) is 11.8. The van der Waals surface area contributed by atoms with Crippen LogP contribution in [0.1, 0.15) is 38.2 Å². The van der Waals surface area contributed by atoms with Gasteiger partial charge in [-0.1, -0.05) is 25.1 Å². The zero-order chi connectivity index (χ0) is 13.2. The van der Waals surface area contributed by atoms with E-state index >= 15 is 0 Å². The Hall–Kier alpha value is -1.51. The topological polar surface area (TPSA) is 38.3 Å². The molecule has 1 amide bonds. The fraction of sp³-hybridized carbons (Fsp3) is 0.562. The molecular weight excluding hydrogens is 238 g/mol. The molecule has 2 saturated carbocycles. The maximum absolute atomic E-state index is 11.8. The first-order valence-corrected chi connectivity index (χ1v) is 7.26. The van der Waals surface area contributed by atoms with Gasteiger partial charge in [0.15, 0.2) is 0 Å². The highest BCUT2D eigenvalue weighted by Gasteiger charge is 2.38. The summed E-state index contributed by atoms with van der Waals surface area (Å²) in [5, 5.41) is 3.02. The molecular formula is C16H21NO2. The van der Waals surface area contributed by atoms with Crippen LogP contribution in [0.2, 0.25) is 0 Å². The van der Waals surface area contributed by atoms with E-state index in [1.54, 1.807) is 0 Å². The molecule has 2 atom stereocenters. The molecule has 0 bridgehead atoms. The number of hydrogen-bond donors (Lipinski definition) is 1. The van der Waals surface area contributed by atoms with Gasteiger partial charge >= 0.3 is 0 Å². The molecule has 0 spiro atoms. The Labute approximate surface area is 114 Å². The summed E-state index contributed by atoms with van der Waals surface area (Å²) < 4.78 is 5.96. The average molecular weight is 259 g/mol. The van der Waals surface area contributed by atoms with Gasteiger partial charge in [0.2, 0.25) is 5.91 Å². The van der Waals surface area contributed by atoms with Crippen LogP contribution in [0.4, 0.5) is 0 Å². The molecule has 102 valence electrons. The van der Waals surface area contributed by atoms with E-state index in [2.05, 4.69) is 12.2 Å². The minimum Gasteiger partial charge on any atom is -0.490 e. The number of para-hydroxylation sites is 1. The fourth-order valence-electron chi connectivity index (χ4n) is 2.43. The third-order valence-corrected chi connectivity index (χ3v) is 4.22. The molecule has 19 heavy (non-hydrogen) atoms. The number of carbonyl (C=O) groups excluding carboxylic acids is 1. The smallest absolute Gasteiger partial charge is 0.223 e. The molecule has 1 aromatic carbocycles. The van der Waals surface area contributed by atoms with Crippen molar-refractivity contribution in [1.82, 2.24) is 5.32 Å². The molecule has 0 radical (unpaired) electrons. The molecule has 0 heterocycles. The quantitative estimate of drug-likeness (QED) is 0.883. The standard InChI is InChI=1S/C16H21NO2/c1-11-9-14(11)16(18)17-10-12-5-2-3-8-15(12)19-13-6-4-7-13/h2-3,5,8,11,13-14H,4,6-7,9-10H2,1H3,(H,17,18)/t11-,14-/m1/s1. The van der Waals surface area contributed by atoms with Crippen molar-refractivity contribution < 1.29 is 9.53 Å². The lowest BCUT2D eigenvalue weighted by molar-refractivity contribution is -0.122. The van der Waals surface area contributed by atoms with Crippen LogP contribution < -0.4 is 10.1 Å². The number of carbonyl (C=O) groups is 1. The summed E-state index contributed by atoms with van der Waals surface area (Å²) in [6.07, 6.45) is 4.98. The Balaban J connectivity index is 1.58. The number of nitrogens with one attached hydrogen (secondary N) is 1. The monoisotopic (exact) mass is 259 g/mol. The second kappa shape index (κ2) is 5.24. The second-order valence-electron chi connectivity index (χ2n) is 5.82. The molecule has 0 saturated heterocycles. The fourth-order valence-corrected chi connectivity index (χ4v) is 2.43. The number of amides is 1. The Morgan fingerprint density at radius 1 is 1.37 bits per heavy atom. The molecule has 0 aliphatic heterocycles. The molecule has 2 aliphatic carbocycles. The first-order chi connectivity index (χ1) is 9.24. The van der Waals surface area contributed by atoms with Gasteiger partial charge in [-0.05, 0) is 37.7 Å². The van der Waals surface area contributed by atoms with Crippen LogP contribution in [0.25, 0.3) is 0 Å². The second-order valence-corrected chi connectivity index (χ2v) is 5.82. The van der Waals surface area contributed by atoms with Crippen molar-refractivity contribution >= 4 is 5.91 Å². The molecule has 0 aromatic heterocycles. The summed E-state index contributed by atoms with van der Waals surface area (Å²) in [6.45, 7) is 2.70. The van der Waals surface area contributed by atoms with Gasteiger partial charge in [-0.15, -0.1) is 0 Å². The van der Waals surface area contributed by atoms with E-state index in [-0.39, 0.29) is 11.8 Å². The van der Waals surface area contributed by atoms with Crippen LogP contribution in [0.3, 0.4) is 0 Å². The lowest BCUT2D eigenvalue weighted by Gasteiger charge is -2.27. The van der Waals surface area contributed by atoms with Gasteiger partial charge in [0, 0.05) is 18.0 Å². The molecule has 3 nitrogen and oxygen atoms in total. The molecule has 1 aromatic rings. The number of hydrogen-bond acceptors (Lipinski definition) is 2. The molecule has 3 rings (SSSR count). The Bertz CT molecular complexity index is 468. The molecule has 0 unspecified atom stereocenters. The molecule has 1 N–H and O–H groups in total. The molecule has 2 aliphatic rings. The summed E-state index contributed by atoms with van der Waals surface area (Å²) in [6, 6.07) is 8.02. The van der Waals surface area contributed by atoms with Crippen molar-refractivity contribution in [2.75, 3.05) is 0 Å². The van der Waals surface area contributed by atoms with Crippen LogP contribution in [0.15, 0.2) is 24.3 Å². The highest BCUT2D eigenvalue weighted by molar-refractivity contribution is 5.81. The predicted molar refractivity (Wildman–Crippen MR) is 73.8 cm³/mol. The maximum Gasteiger partial charge on any atom is 0.223 e. The lowest BCUT2D eigenvalue weighted by Crippen LogP contribution is -2.27. The van der Waals surface area contributed by atoms with Crippen LogP contribution >= 0.6 is 0 Å². The highest BCUT2D eigenvalue weighted by Crippen LogP contribution is 2.37. The number of ether oxygens (including phenoxy) is 1. The zero-order valence-corrected chi connectivity index (χ0v) is 11.4. The van der Waals surface area contributed by atoms with Gasteiger partial charge in [0.05, 0.1) is 6.10 Å². The van der Waals surface area contributed by atoms with E-state index < -0.39 is 0 Å². The SMILES string of the molecule is C[C@@H]1C[C@H]1C(=O)NCc1ccccc1OC1CCC1. The Morgan fingerprint density at radius 3 is 2.74 bits per heavy atom. The third-order valence-electron chi connectivity index (χ3n) is 4.22. The molecule has 2 fully saturated rings. The summed E-state index contributed by atoms with van der Waals surface area (Å²) in [5.41, 5.74) is 1.08. The van der Waals surface area contributed by atoms with Crippen LogP contribution in [0.5, 0.6) is 5.75 Å². The Morgan fingerprint density at radius 2 is 2.11 bits per heavy atom. The van der Waals surface area contributed by atoms with E-state index in [1.165, 1.54) is 6.42 Å². The van der Waals surface area contributed by atoms with Crippen molar-refractivity contribution in [3.8, 4) is 5.75 Å². The normalized spacial score (nSPS) is 25.5. The van der Waals surface area contributed by atoms with Crippen molar-refractivity contribution in [1.29, 1.82) is 0 Å². The minimum absolute atomic E-state index is 0.186. The van der Waals surface area contributed by atoms with Gasteiger partial charge in [0.25, 0.3) is 0 Å². The van der Waals surface area contributed by atoms with Crippen molar-refractivity contribution in [2.24, 2.45) is 11.8 Å². The van der Waals surface area contributed by atoms with E-state index in [0.717, 1.165) is 30.6 Å². The van der Waals surface area contributed by atoms with Gasteiger partial charge < -0.3 is 10.1 Å². The van der Waals surface area contributed by atoms with Gasteiger partial charge in [-0.3, -0.25) is 4.79 Å². The summed E-state index contributed by atoms with van der Waals surface area (Å²) in [5.74, 6) is 1.91. The predicted octanol–water partition coefficient (Wildman–Crippen LogP) is 2.89. The maximum atomic E-state index is 11.8. The van der Waals surface area contributed by atoms with E-state index in [1.807, 2.05) is 24.3 Å². The van der Waals surface area contributed by atoms with Gasteiger partial charge in [0.1, 0.15) is 5.75 Å². The van der Waals surface area contributed by atoms with Gasteiger partial charge in [-0.2, -0.15) is 0 Å². The van der Waals surface area contributed by atoms with Crippen LogP contribution in [-0.4, -0.2) is 12.0 Å². The van der Waals surface area contributed by atoms with Crippen LogP contribution in [0, 0.1) is 11.8 Å². The number of benzene rings is 1. The van der Waals surface area contributed by atoms with E-state index in [9.17, 15) is 4.79 Å². The van der Waals surface area contributed by atoms with Crippen molar-refractivity contribution in [3.05, 3.63) is 29.8 Å². The highest BCUT2D eigenvalue weighted by atomic mass is 16.5. The van der Waals surface area contributed by atoms with Gasteiger partial charge in [-0.25, -0.2) is 0 Å². The largest absolute Gasteiger partial charge is 0.490 e. The third kappa shape index (κ3) is 2.91. The lowest BCUT2D eigenvalue weighted by atomic mass is 9.96. The summed E-state index contributed by atoms with van der Waals surface area (Å²) >= 11 is 0. The minimum atomic E-state index is 0.186. The average Bonchev–Trinajstić information content (AvgIpc) is 3.09. The van der Waals surface area contributed by atoms with Crippen LogP contribution in [-0.2, 0) is 11.3 Å². The van der Waals surface area contributed by atoms with Crippen molar-refractivity contribution in [3.63, 3.8) is 0 Å². The van der Waals surface area contributed by atoms with E-state index in [4.69, 9.17) is 4.74 Å². The van der Waals surface area contributed by atoms with Crippen molar-refractivity contribution in [2.45, 2.75) is 45.3 Å². The first kappa shape index (κ1) is 12.5. The Kier molecular flexibility index (Phi) is 3.45. The number of rotatable bonds is 5. The first-order valence-electron chi connectivity index (χ1n) is 7.26. The molecule has 3 heteroatoms.